The van der Waals surface area contributed by atoms with E-state index in [1.165, 1.54) is 12.3 Å². The van der Waals surface area contributed by atoms with Gasteiger partial charge in [0.25, 0.3) is 5.91 Å². The second-order valence-corrected chi connectivity index (χ2v) is 4.59. The van der Waals surface area contributed by atoms with Gasteiger partial charge in [-0.05, 0) is 26.0 Å². The molecule has 18 heavy (non-hydrogen) atoms. The number of primary amides is 1. The standard InChI is InChI=1S/C12H18N4O2/c1-16-4-2-8(3-5-16)18-10-7-15-11(13)6-9(10)12(14)17/h6-8H,2-5H2,1H3,(H2,13,15)(H2,14,17). The van der Waals surface area contributed by atoms with Gasteiger partial charge in [-0.2, -0.15) is 0 Å². The Labute approximate surface area is 106 Å². The molecule has 6 heteroatoms. The molecule has 1 aromatic rings. The normalized spacial score (nSPS) is 17.6. The van der Waals surface area contributed by atoms with E-state index in [1.807, 2.05) is 0 Å². The molecule has 6 nitrogen and oxygen atoms in total. The minimum atomic E-state index is -0.549. The second kappa shape index (κ2) is 5.22. The van der Waals surface area contributed by atoms with Crippen LogP contribution in [-0.2, 0) is 0 Å². The van der Waals surface area contributed by atoms with Crippen LogP contribution in [0.2, 0.25) is 0 Å². The highest BCUT2D eigenvalue weighted by molar-refractivity contribution is 5.96. The summed E-state index contributed by atoms with van der Waals surface area (Å²) in [6.45, 7) is 1.97. The number of hydrogen-bond acceptors (Lipinski definition) is 5. The lowest BCUT2D eigenvalue weighted by molar-refractivity contribution is 0.0969. The first kappa shape index (κ1) is 12.6. The van der Waals surface area contributed by atoms with Crippen LogP contribution in [0.4, 0.5) is 5.82 Å². The van der Waals surface area contributed by atoms with E-state index in [0.717, 1.165) is 25.9 Å². The molecule has 4 N–H and O–H groups in total. The molecule has 1 amide bonds. The van der Waals surface area contributed by atoms with Crippen LogP contribution in [-0.4, -0.2) is 42.0 Å². The van der Waals surface area contributed by atoms with E-state index in [-0.39, 0.29) is 11.9 Å². The summed E-state index contributed by atoms with van der Waals surface area (Å²) >= 11 is 0. The molecule has 0 spiro atoms. The Morgan fingerprint density at radius 2 is 2.17 bits per heavy atom. The van der Waals surface area contributed by atoms with Gasteiger partial charge < -0.3 is 21.1 Å². The molecule has 98 valence electrons. The number of nitrogen functional groups attached to an aromatic ring is 1. The highest BCUT2D eigenvalue weighted by Gasteiger charge is 2.20. The Kier molecular flexibility index (Phi) is 3.66. The number of rotatable bonds is 3. The van der Waals surface area contributed by atoms with E-state index in [4.69, 9.17) is 16.2 Å². The number of nitrogens with zero attached hydrogens (tertiary/aromatic N) is 2. The first-order valence-corrected chi connectivity index (χ1v) is 5.97. The lowest BCUT2D eigenvalue weighted by Gasteiger charge is -2.29. The van der Waals surface area contributed by atoms with Crippen LogP contribution in [0.3, 0.4) is 0 Å². The van der Waals surface area contributed by atoms with Gasteiger partial charge in [0.2, 0.25) is 0 Å². The molecule has 0 aromatic carbocycles. The van der Waals surface area contributed by atoms with Crippen LogP contribution in [0, 0.1) is 0 Å². The van der Waals surface area contributed by atoms with Crippen molar-refractivity contribution in [2.45, 2.75) is 18.9 Å². The number of nitrogens with two attached hydrogens (primary N) is 2. The Hall–Kier alpha value is -1.82. The van der Waals surface area contributed by atoms with Gasteiger partial charge in [0.1, 0.15) is 11.9 Å². The lowest BCUT2D eigenvalue weighted by atomic mass is 10.1. The van der Waals surface area contributed by atoms with Gasteiger partial charge in [0.05, 0.1) is 11.8 Å². The molecule has 0 saturated carbocycles. The summed E-state index contributed by atoms with van der Waals surface area (Å²) in [5, 5.41) is 0. The zero-order chi connectivity index (χ0) is 13.1. The predicted octanol–water partition coefficient (Wildman–Crippen LogP) is 0.236. The zero-order valence-corrected chi connectivity index (χ0v) is 10.4. The number of anilines is 1. The third-order valence-corrected chi connectivity index (χ3v) is 3.11. The van der Waals surface area contributed by atoms with Gasteiger partial charge >= 0.3 is 0 Å². The average Bonchev–Trinajstić information content (AvgIpc) is 2.34. The third-order valence-electron chi connectivity index (χ3n) is 3.11. The van der Waals surface area contributed by atoms with Crippen molar-refractivity contribution in [1.82, 2.24) is 9.88 Å². The van der Waals surface area contributed by atoms with E-state index in [0.29, 0.717) is 11.3 Å². The summed E-state index contributed by atoms with van der Waals surface area (Å²) in [6.07, 6.45) is 3.43. The van der Waals surface area contributed by atoms with Crippen molar-refractivity contribution in [1.29, 1.82) is 0 Å². The van der Waals surface area contributed by atoms with E-state index >= 15 is 0 Å². The number of amides is 1. The van der Waals surface area contributed by atoms with Gasteiger partial charge in [-0.25, -0.2) is 4.98 Å². The van der Waals surface area contributed by atoms with Crippen LogP contribution in [0.5, 0.6) is 5.75 Å². The van der Waals surface area contributed by atoms with Crippen LogP contribution < -0.4 is 16.2 Å². The average molecular weight is 250 g/mol. The molecule has 1 saturated heterocycles. The number of ether oxygens (including phenoxy) is 1. The van der Waals surface area contributed by atoms with E-state index < -0.39 is 5.91 Å². The van der Waals surface area contributed by atoms with Gasteiger partial charge in [0, 0.05) is 13.1 Å². The van der Waals surface area contributed by atoms with Gasteiger partial charge in [-0.3, -0.25) is 4.79 Å². The van der Waals surface area contributed by atoms with Gasteiger partial charge in [-0.15, -0.1) is 0 Å². The number of carbonyl (C=O) groups is 1. The monoisotopic (exact) mass is 250 g/mol. The molecule has 1 aliphatic heterocycles. The van der Waals surface area contributed by atoms with Crippen molar-refractivity contribution < 1.29 is 9.53 Å². The van der Waals surface area contributed by atoms with Crippen LogP contribution in [0.1, 0.15) is 23.2 Å². The third kappa shape index (κ3) is 2.89. The molecule has 1 aromatic heterocycles. The minimum absolute atomic E-state index is 0.102. The van der Waals surface area contributed by atoms with E-state index in [1.54, 1.807) is 0 Å². The fraction of sp³-hybridized carbons (Fsp3) is 0.500. The molecule has 0 unspecified atom stereocenters. The molecule has 0 atom stereocenters. The van der Waals surface area contributed by atoms with Crippen LogP contribution in [0.25, 0.3) is 0 Å². The fourth-order valence-electron chi connectivity index (χ4n) is 2.03. The number of piperidine rings is 1. The summed E-state index contributed by atoms with van der Waals surface area (Å²) < 4.78 is 5.81. The number of hydrogen-bond donors (Lipinski definition) is 2. The Morgan fingerprint density at radius 3 is 2.78 bits per heavy atom. The predicted molar refractivity (Wildman–Crippen MR) is 68.3 cm³/mol. The SMILES string of the molecule is CN1CCC(Oc2cnc(N)cc2C(N)=O)CC1. The van der Waals surface area contributed by atoms with E-state index in [2.05, 4.69) is 16.9 Å². The zero-order valence-electron chi connectivity index (χ0n) is 10.4. The highest BCUT2D eigenvalue weighted by Crippen LogP contribution is 2.23. The summed E-state index contributed by atoms with van der Waals surface area (Å²) in [5.41, 5.74) is 11.1. The van der Waals surface area contributed by atoms with Crippen molar-refractivity contribution in [2.75, 3.05) is 25.9 Å². The Bertz CT molecular complexity index is 442. The minimum Gasteiger partial charge on any atom is -0.488 e. The maximum atomic E-state index is 11.3. The first-order valence-electron chi connectivity index (χ1n) is 5.97. The number of carbonyl (C=O) groups excluding carboxylic acids is 1. The van der Waals surface area contributed by atoms with Crippen LogP contribution in [0.15, 0.2) is 12.3 Å². The van der Waals surface area contributed by atoms with E-state index in [9.17, 15) is 4.79 Å². The van der Waals surface area contributed by atoms with Gasteiger partial charge in [0.15, 0.2) is 5.75 Å². The molecule has 0 radical (unpaired) electrons. The maximum absolute atomic E-state index is 11.3. The summed E-state index contributed by atoms with van der Waals surface area (Å²) in [4.78, 5) is 17.5. The molecular weight excluding hydrogens is 232 g/mol. The van der Waals surface area contributed by atoms with Crippen molar-refractivity contribution in [3.63, 3.8) is 0 Å². The van der Waals surface area contributed by atoms with Crippen molar-refractivity contribution >= 4 is 11.7 Å². The molecule has 2 rings (SSSR count). The smallest absolute Gasteiger partial charge is 0.252 e. The summed E-state index contributed by atoms with van der Waals surface area (Å²) in [5.74, 6) is 0.137. The van der Waals surface area contributed by atoms with Crippen molar-refractivity contribution in [3.8, 4) is 5.75 Å². The number of pyridine rings is 1. The largest absolute Gasteiger partial charge is 0.488 e. The van der Waals surface area contributed by atoms with Crippen molar-refractivity contribution in [3.05, 3.63) is 17.8 Å². The topological polar surface area (TPSA) is 94.5 Å². The quantitative estimate of drug-likeness (QED) is 0.801. The maximum Gasteiger partial charge on any atom is 0.252 e. The molecule has 1 fully saturated rings. The summed E-state index contributed by atoms with van der Waals surface area (Å²) in [7, 11) is 2.08. The summed E-state index contributed by atoms with van der Waals surface area (Å²) in [6, 6.07) is 1.45. The first-order chi connectivity index (χ1) is 8.56. The van der Waals surface area contributed by atoms with Crippen LogP contribution >= 0.6 is 0 Å². The molecule has 2 heterocycles. The number of likely N-dealkylation sites (tertiary alicyclic amines) is 1. The Balaban J connectivity index is 2.11. The lowest BCUT2D eigenvalue weighted by Crippen LogP contribution is -2.36. The fourth-order valence-corrected chi connectivity index (χ4v) is 2.03. The van der Waals surface area contributed by atoms with Gasteiger partial charge in [-0.1, -0.05) is 0 Å². The second-order valence-electron chi connectivity index (χ2n) is 4.59. The van der Waals surface area contributed by atoms with Crippen molar-refractivity contribution in [2.24, 2.45) is 5.73 Å². The number of aromatic nitrogens is 1. The molecular formula is C12H18N4O2. The molecule has 0 aliphatic carbocycles. The molecule has 0 bridgehead atoms. The Morgan fingerprint density at radius 1 is 1.50 bits per heavy atom. The highest BCUT2D eigenvalue weighted by atomic mass is 16.5. The molecule has 1 aliphatic rings.